The Kier molecular flexibility index (Phi) is 6.23. The van der Waals surface area contributed by atoms with E-state index in [1.165, 1.54) is 0 Å². The molecule has 5 heteroatoms. The van der Waals surface area contributed by atoms with Crippen molar-refractivity contribution >= 4 is 18.3 Å². The zero-order valence-electron chi connectivity index (χ0n) is 10.2. The van der Waals surface area contributed by atoms with E-state index in [4.69, 9.17) is 0 Å². The smallest absolute Gasteiger partial charge is 0.224 e. The standard InChI is InChI=1S/C12H22N2O2.ClH/c15-11-5-3-10(4-6-11)14-12(16)9-2-1-7-13-8-9;/h9-11,13,15H,1-8H2,(H,14,16);1H/t9-,10?,11?;/m0./s1. The van der Waals surface area contributed by atoms with Crippen molar-refractivity contribution in [1.82, 2.24) is 10.6 Å². The van der Waals surface area contributed by atoms with Gasteiger partial charge < -0.3 is 15.7 Å². The monoisotopic (exact) mass is 262 g/mol. The first kappa shape index (κ1) is 14.7. The second kappa shape index (κ2) is 7.19. The lowest BCUT2D eigenvalue weighted by Gasteiger charge is -2.29. The fourth-order valence-corrected chi connectivity index (χ4v) is 2.61. The lowest BCUT2D eigenvalue weighted by atomic mass is 9.92. The van der Waals surface area contributed by atoms with E-state index in [9.17, 15) is 9.90 Å². The number of hydrogen-bond donors (Lipinski definition) is 3. The van der Waals surface area contributed by atoms with E-state index in [0.29, 0.717) is 0 Å². The van der Waals surface area contributed by atoms with Crippen LogP contribution in [-0.4, -0.2) is 36.2 Å². The minimum atomic E-state index is -0.149. The van der Waals surface area contributed by atoms with Gasteiger partial charge in [-0.3, -0.25) is 4.79 Å². The average molecular weight is 263 g/mol. The molecule has 1 heterocycles. The van der Waals surface area contributed by atoms with Crippen LogP contribution in [0.15, 0.2) is 0 Å². The van der Waals surface area contributed by atoms with Crippen LogP contribution in [-0.2, 0) is 4.79 Å². The highest BCUT2D eigenvalue weighted by molar-refractivity contribution is 5.85. The molecule has 1 aliphatic carbocycles. The minimum Gasteiger partial charge on any atom is -0.393 e. The Labute approximate surface area is 109 Å². The molecule has 0 bridgehead atoms. The van der Waals surface area contributed by atoms with E-state index in [1.807, 2.05) is 0 Å². The molecule has 1 amide bonds. The number of nitrogens with one attached hydrogen (secondary N) is 2. The summed E-state index contributed by atoms with van der Waals surface area (Å²) in [7, 11) is 0. The van der Waals surface area contributed by atoms with Gasteiger partial charge in [-0.25, -0.2) is 0 Å². The van der Waals surface area contributed by atoms with Crippen LogP contribution in [0.1, 0.15) is 38.5 Å². The van der Waals surface area contributed by atoms with Crippen LogP contribution in [0.2, 0.25) is 0 Å². The summed E-state index contributed by atoms with van der Waals surface area (Å²) in [5, 5.41) is 15.8. The van der Waals surface area contributed by atoms with Crippen LogP contribution in [0, 0.1) is 5.92 Å². The van der Waals surface area contributed by atoms with Gasteiger partial charge in [0.05, 0.1) is 12.0 Å². The molecular formula is C12H23ClN2O2. The maximum Gasteiger partial charge on any atom is 0.224 e. The summed E-state index contributed by atoms with van der Waals surface area (Å²) in [4.78, 5) is 11.9. The Morgan fingerprint density at radius 2 is 1.88 bits per heavy atom. The normalized spacial score (nSPS) is 33.6. The van der Waals surface area contributed by atoms with E-state index < -0.39 is 0 Å². The SMILES string of the molecule is Cl.O=C(NC1CCC(O)CC1)[C@H]1CCCNC1. The van der Waals surface area contributed by atoms with Crippen molar-refractivity contribution in [1.29, 1.82) is 0 Å². The molecule has 0 aromatic rings. The largest absolute Gasteiger partial charge is 0.393 e. The van der Waals surface area contributed by atoms with Gasteiger partial charge in [-0.1, -0.05) is 0 Å². The van der Waals surface area contributed by atoms with E-state index in [0.717, 1.165) is 51.6 Å². The molecule has 2 rings (SSSR count). The summed E-state index contributed by atoms with van der Waals surface area (Å²) in [5.74, 6) is 0.356. The van der Waals surface area contributed by atoms with Crippen molar-refractivity contribution in [2.24, 2.45) is 5.92 Å². The number of aliphatic hydroxyl groups excluding tert-OH is 1. The fraction of sp³-hybridized carbons (Fsp3) is 0.917. The van der Waals surface area contributed by atoms with Gasteiger partial charge in [0, 0.05) is 12.6 Å². The van der Waals surface area contributed by atoms with Gasteiger partial charge in [0.2, 0.25) is 5.91 Å². The molecule has 1 saturated heterocycles. The molecule has 0 radical (unpaired) electrons. The van der Waals surface area contributed by atoms with Crippen molar-refractivity contribution < 1.29 is 9.90 Å². The summed E-state index contributed by atoms with van der Waals surface area (Å²) in [5.41, 5.74) is 0. The highest BCUT2D eigenvalue weighted by atomic mass is 35.5. The van der Waals surface area contributed by atoms with Crippen molar-refractivity contribution in [3.8, 4) is 0 Å². The van der Waals surface area contributed by atoms with E-state index in [-0.39, 0.29) is 36.4 Å². The van der Waals surface area contributed by atoms with Crippen molar-refractivity contribution in [3.05, 3.63) is 0 Å². The molecule has 100 valence electrons. The van der Waals surface area contributed by atoms with Crippen LogP contribution < -0.4 is 10.6 Å². The van der Waals surface area contributed by atoms with Crippen LogP contribution in [0.4, 0.5) is 0 Å². The number of aliphatic hydroxyl groups is 1. The summed E-state index contributed by atoms with van der Waals surface area (Å²) in [6.07, 6.45) is 5.46. The molecule has 1 atom stereocenters. The lowest BCUT2D eigenvalue weighted by Crippen LogP contribution is -2.45. The first-order valence-corrected chi connectivity index (χ1v) is 6.45. The zero-order valence-corrected chi connectivity index (χ0v) is 11.0. The highest BCUT2D eigenvalue weighted by Gasteiger charge is 2.25. The molecule has 2 aliphatic rings. The first-order valence-electron chi connectivity index (χ1n) is 6.45. The third-order valence-electron chi connectivity index (χ3n) is 3.71. The van der Waals surface area contributed by atoms with Crippen LogP contribution in [0.5, 0.6) is 0 Å². The predicted molar refractivity (Wildman–Crippen MR) is 69.2 cm³/mol. The van der Waals surface area contributed by atoms with Gasteiger partial charge in [-0.2, -0.15) is 0 Å². The van der Waals surface area contributed by atoms with E-state index in [2.05, 4.69) is 10.6 Å². The second-order valence-electron chi connectivity index (χ2n) is 5.06. The molecule has 0 aromatic heterocycles. The maximum absolute atomic E-state index is 11.9. The molecule has 0 spiro atoms. The van der Waals surface area contributed by atoms with Gasteiger partial charge in [-0.05, 0) is 45.1 Å². The Morgan fingerprint density at radius 3 is 2.47 bits per heavy atom. The van der Waals surface area contributed by atoms with Crippen molar-refractivity contribution in [2.45, 2.75) is 50.7 Å². The van der Waals surface area contributed by atoms with Crippen LogP contribution in [0.25, 0.3) is 0 Å². The molecule has 1 saturated carbocycles. The lowest BCUT2D eigenvalue weighted by molar-refractivity contribution is -0.126. The number of halogens is 1. The topological polar surface area (TPSA) is 61.4 Å². The number of carbonyl (C=O) groups is 1. The molecular weight excluding hydrogens is 240 g/mol. The quantitative estimate of drug-likeness (QED) is 0.691. The third-order valence-corrected chi connectivity index (χ3v) is 3.71. The Bertz CT molecular complexity index is 237. The summed E-state index contributed by atoms with van der Waals surface area (Å²) in [6.45, 7) is 1.86. The number of hydrogen-bond acceptors (Lipinski definition) is 3. The van der Waals surface area contributed by atoms with Gasteiger partial charge in [0.15, 0.2) is 0 Å². The van der Waals surface area contributed by atoms with Gasteiger partial charge in [0.1, 0.15) is 0 Å². The predicted octanol–water partition coefficient (Wildman–Crippen LogP) is 0.827. The molecule has 3 N–H and O–H groups in total. The zero-order chi connectivity index (χ0) is 11.4. The summed E-state index contributed by atoms with van der Waals surface area (Å²) in [6, 6.07) is 0.290. The Hall–Kier alpha value is -0.320. The molecule has 1 aliphatic heterocycles. The molecule has 0 aromatic carbocycles. The molecule has 2 fully saturated rings. The molecule has 17 heavy (non-hydrogen) atoms. The van der Waals surface area contributed by atoms with Crippen molar-refractivity contribution in [3.63, 3.8) is 0 Å². The fourth-order valence-electron chi connectivity index (χ4n) is 2.61. The molecule has 0 unspecified atom stereocenters. The summed E-state index contributed by atoms with van der Waals surface area (Å²) < 4.78 is 0. The van der Waals surface area contributed by atoms with E-state index in [1.54, 1.807) is 0 Å². The number of rotatable bonds is 2. The minimum absolute atomic E-state index is 0. The maximum atomic E-state index is 11.9. The van der Waals surface area contributed by atoms with Gasteiger partial charge in [0.25, 0.3) is 0 Å². The Balaban J connectivity index is 0.00000144. The number of amides is 1. The Morgan fingerprint density at radius 1 is 1.18 bits per heavy atom. The summed E-state index contributed by atoms with van der Waals surface area (Å²) >= 11 is 0. The van der Waals surface area contributed by atoms with Crippen LogP contribution >= 0.6 is 12.4 Å². The second-order valence-corrected chi connectivity index (χ2v) is 5.06. The molecule has 4 nitrogen and oxygen atoms in total. The number of carbonyl (C=O) groups excluding carboxylic acids is 1. The third kappa shape index (κ3) is 4.45. The first-order chi connectivity index (χ1) is 7.75. The number of piperidine rings is 1. The highest BCUT2D eigenvalue weighted by Crippen LogP contribution is 2.19. The average Bonchev–Trinajstić information content (AvgIpc) is 2.33. The van der Waals surface area contributed by atoms with Crippen LogP contribution in [0.3, 0.4) is 0 Å². The van der Waals surface area contributed by atoms with Gasteiger partial charge in [-0.15, -0.1) is 12.4 Å². The van der Waals surface area contributed by atoms with Crippen molar-refractivity contribution in [2.75, 3.05) is 13.1 Å². The van der Waals surface area contributed by atoms with Gasteiger partial charge >= 0.3 is 0 Å². The van der Waals surface area contributed by atoms with E-state index >= 15 is 0 Å².